The van der Waals surface area contributed by atoms with E-state index in [1.54, 1.807) is 0 Å². The lowest BCUT2D eigenvalue weighted by Gasteiger charge is -2.25. The van der Waals surface area contributed by atoms with Crippen LogP contribution in [-0.4, -0.2) is 60.3 Å². The van der Waals surface area contributed by atoms with Gasteiger partial charge in [-0.1, -0.05) is 25.3 Å². The highest BCUT2D eigenvalue weighted by Gasteiger charge is 2.20. The molecule has 0 radical (unpaired) electrons. The minimum absolute atomic E-state index is 0.0489. The van der Waals surface area contributed by atoms with Crippen molar-refractivity contribution in [3.63, 3.8) is 0 Å². The predicted molar refractivity (Wildman–Crippen MR) is 146 cm³/mol. The van der Waals surface area contributed by atoms with Crippen molar-refractivity contribution in [3.8, 4) is 5.75 Å². The maximum atomic E-state index is 6.04. The molecule has 3 heterocycles. The molecule has 1 aliphatic carbocycles. The number of hydrogen-bond acceptors (Lipinski definition) is 7. The van der Waals surface area contributed by atoms with E-state index >= 15 is 0 Å². The molecule has 3 aliphatic rings. The van der Waals surface area contributed by atoms with Crippen LogP contribution in [0, 0.1) is 0 Å². The van der Waals surface area contributed by atoms with Gasteiger partial charge in [-0.25, -0.2) is 9.98 Å². The Bertz CT molecular complexity index is 1010. The van der Waals surface area contributed by atoms with Gasteiger partial charge in [-0.05, 0) is 56.4 Å². The highest BCUT2D eigenvalue weighted by Crippen LogP contribution is 2.30. The van der Waals surface area contributed by atoms with E-state index in [1.165, 1.54) is 37.6 Å². The third kappa shape index (κ3) is 6.78. The second kappa shape index (κ2) is 12.8. The first-order valence-corrected chi connectivity index (χ1v) is 14.0. The van der Waals surface area contributed by atoms with Crippen molar-refractivity contribution in [3.05, 3.63) is 30.5 Å². The van der Waals surface area contributed by atoms with Crippen molar-refractivity contribution in [2.75, 3.05) is 31.7 Å². The summed E-state index contributed by atoms with van der Waals surface area (Å²) in [6.07, 6.45) is 14.6. The minimum atomic E-state index is 0.0489. The fourth-order valence-corrected chi connectivity index (χ4v) is 4.99. The van der Waals surface area contributed by atoms with Crippen LogP contribution >= 0.6 is 11.8 Å². The fraction of sp³-hybridized carbons (Fsp3) is 0.577. The van der Waals surface area contributed by atoms with E-state index in [2.05, 4.69) is 61.9 Å². The monoisotopic (exact) mass is 482 g/mol. The molecule has 8 heteroatoms. The number of thioether (sulfide) groups is 1. The highest BCUT2D eigenvalue weighted by molar-refractivity contribution is 7.98. The first-order valence-electron chi connectivity index (χ1n) is 12.6. The SMILES string of the molecule is CC1=NCCN1.CSCCCOc1cccc2c1ccn2C1CC=NC(NC2CCCCC2)=N1. The Morgan fingerprint density at radius 2 is 2.09 bits per heavy atom. The maximum absolute atomic E-state index is 6.04. The Balaban J connectivity index is 0.000000398. The summed E-state index contributed by atoms with van der Waals surface area (Å²) in [5, 5.41) is 7.79. The van der Waals surface area contributed by atoms with Gasteiger partial charge in [0.15, 0.2) is 0 Å². The van der Waals surface area contributed by atoms with Gasteiger partial charge in [0.2, 0.25) is 5.96 Å². The van der Waals surface area contributed by atoms with Gasteiger partial charge in [0, 0.05) is 36.8 Å². The number of nitrogens with zero attached hydrogens (tertiary/aromatic N) is 4. The van der Waals surface area contributed by atoms with Gasteiger partial charge in [-0.3, -0.25) is 4.99 Å². The van der Waals surface area contributed by atoms with E-state index < -0.39 is 0 Å². The topological polar surface area (TPSA) is 75.3 Å². The number of benzene rings is 1. The average Bonchev–Trinajstić information content (AvgIpc) is 3.53. The molecule has 0 spiro atoms. The van der Waals surface area contributed by atoms with Crippen molar-refractivity contribution < 1.29 is 4.74 Å². The van der Waals surface area contributed by atoms with Crippen molar-refractivity contribution in [2.24, 2.45) is 15.0 Å². The lowest BCUT2D eigenvalue weighted by atomic mass is 9.96. The molecule has 1 fully saturated rings. The molecule has 184 valence electrons. The maximum Gasteiger partial charge on any atom is 0.219 e. The zero-order valence-electron chi connectivity index (χ0n) is 20.5. The molecule has 1 unspecified atom stereocenters. The summed E-state index contributed by atoms with van der Waals surface area (Å²) >= 11 is 1.86. The molecule has 2 N–H and O–H groups in total. The second-order valence-corrected chi connectivity index (χ2v) is 9.95. The molecular formula is C26H38N6OS. The summed E-state index contributed by atoms with van der Waals surface area (Å²) in [7, 11) is 0. The average molecular weight is 483 g/mol. The number of guanidine groups is 1. The van der Waals surface area contributed by atoms with Crippen molar-refractivity contribution in [2.45, 2.75) is 64.1 Å². The van der Waals surface area contributed by atoms with Gasteiger partial charge in [-0.15, -0.1) is 0 Å². The molecule has 34 heavy (non-hydrogen) atoms. The first-order chi connectivity index (χ1) is 16.7. The zero-order chi connectivity index (χ0) is 23.6. The fourth-order valence-electron chi connectivity index (χ4n) is 4.59. The second-order valence-electron chi connectivity index (χ2n) is 8.96. The number of ether oxygens (including phenoxy) is 1. The molecule has 1 aromatic heterocycles. The van der Waals surface area contributed by atoms with Crippen LogP contribution in [0.2, 0.25) is 0 Å². The quantitative estimate of drug-likeness (QED) is 0.543. The molecule has 1 atom stereocenters. The Kier molecular flexibility index (Phi) is 9.30. The van der Waals surface area contributed by atoms with Gasteiger partial charge in [0.25, 0.3) is 0 Å². The van der Waals surface area contributed by atoms with Gasteiger partial charge in [0.05, 0.1) is 24.5 Å². The number of aliphatic imine (C=N–C) groups is 3. The van der Waals surface area contributed by atoms with Gasteiger partial charge in [0.1, 0.15) is 11.9 Å². The van der Waals surface area contributed by atoms with Crippen molar-refractivity contribution in [1.29, 1.82) is 0 Å². The third-order valence-corrected chi connectivity index (χ3v) is 7.07. The number of aromatic nitrogens is 1. The predicted octanol–water partition coefficient (Wildman–Crippen LogP) is 5.03. The summed E-state index contributed by atoms with van der Waals surface area (Å²) in [6.45, 7) is 4.74. The third-order valence-electron chi connectivity index (χ3n) is 6.38. The Morgan fingerprint density at radius 3 is 2.82 bits per heavy atom. The highest BCUT2D eigenvalue weighted by atomic mass is 32.2. The Morgan fingerprint density at radius 1 is 1.21 bits per heavy atom. The molecule has 0 saturated heterocycles. The van der Waals surface area contributed by atoms with Crippen molar-refractivity contribution >= 4 is 40.7 Å². The van der Waals surface area contributed by atoms with E-state index in [-0.39, 0.29) is 6.17 Å². The van der Waals surface area contributed by atoms with Crippen molar-refractivity contribution in [1.82, 2.24) is 15.2 Å². The van der Waals surface area contributed by atoms with Crippen LogP contribution in [0.4, 0.5) is 0 Å². The minimum Gasteiger partial charge on any atom is -0.493 e. The molecule has 0 bridgehead atoms. The molecule has 1 saturated carbocycles. The normalized spacial score (nSPS) is 20.2. The number of hydrogen-bond donors (Lipinski definition) is 2. The van der Waals surface area contributed by atoms with Crippen LogP contribution in [0.1, 0.15) is 58.0 Å². The summed E-state index contributed by atoms with van der Waals surface area (Å²) in [4.78, 5) is 13.5. The van der Waals surface area contributed by atoms with E-state index in [1.807, 2.05) is 24.9 Å². The van der Waals surface area contributed by atoms with E-state index in [0.29, 0.717) is 6.04 Å². The summed E-state index contributed by atoms with van der Waals surface area (Å²) in [6, 6.07) is 8.96. The molecule has 5 rings (SSSR count). The first kappa shape index (κ1) is 24.6. The van der Waals surface area contributed by atoms with Crippen LogP contribution in [0.25, 0.3) is 10.9 Å². The lowest BCUT2D eigenvalue weighted by Crippen LogP contribution is -2.36. The Hall–Kier alpha value is -2.48. The molecule has 7 nitrogen and oxygen atoms in total. The van der Waals surface area contributed by atoms with E-state index in [4.69, 9.17) is 9.73 Å². The number of rotatable bonds is 7. The number of amidine groups is 1. The smallest absolute Gasteiger partial charge is 0.219 e. The van der Waals surface area contributed by atoms with E-state index in [9.17, 15) is 0 Å². The molecule has 2 aliphatic heterocycles. The van der Waals surface area contributed by atoms with Gasteiger partial charge >= 0.3 is 0 Å². The van der Waals surface area contributed by atoms with Crippen LogP contribution in [0.3, 0.4) is 0 Å². The molecule has 2 aromatic rings. The summed E-state index contributed by atoms with van der Waals surface area (Å²) in [5.74, 6) is 3.96. The van der Waals surface area contributed by atoms with E-state index in [0.717, 1.165) is 61.2 Å². The largest absolute Gasteiger partial charge is 0.493 e. The van der Waals surface area contributed by atoms with Crippen LogP contribution in [0.5, 0.6) is 5.75 Å². The van der Waals surface area contributed by atoms with Gasteiger partial charge in [-0.2, -0.15) is 11.8 Å². The number of nitrogens with one attached hydrogen (secondary N) is 2. The molecular weight excluding hydrogens is 444 g/mol. The summed E-state index contributed by atoms with van der Waals surface area (Å²) in [5.41, 5.74) is 1.17. The van der Waals surface area contributed by atoms with Gasteiger partial charge < -0.3 is 19.9 Å². The zero-order valence-corrected chi connectivity index (χ0v) is 21.3. The molecule has 1 aromatic carbocycles. The molecule has 0 amide bonds. The van der Waals surface area contributed by atoms with Crippen LogP contribution in [0.15, 0.2) is 45.4 Å². The standard InChI is InChI=1S/C22H30N4OS.C4H8N2/c1-28-16-6-15-27-20-10-5-9-19-18(20)12-14-26(19)21-11-13-23-22(25-21)24-17-7-3-2-4-8-17;1-4-5-2-3-6-4/h5,9-10,12-14,17,21H,2-4,6-8,11,15-16H2,1H3,(H,24,25);2-3H2,1H3,(H,5,6). The lowest BCUT2D eigenvalue weighted by molar-refractivity contribution is 0.322. The van der Waals surface area contributed by atoms with Crippen LogP contribution in [-0.2, 0) is 0 Å². The van der Waals surface area contributed by atoms with Crippen LogP contribution < -0.4 is 15.4 Å². The Labute approximate surface area is 207 Å². The number of fused-ring (bicyclic) bond motifs is 1. The summed E-state index contributed by atoms with van der Waals surface area (Å²) < 4.78 is 8.29.